The Morgan fingerprint density at radius 3 is 2.62 bits per heavy atom. The summed E-state index contributed by atoms with van der Waals surface area (Å²) in [5.41, 5.74) is -2.64. The Bertz CT molecular complexity index is 1020. The molecule has 0 fully saturated rings. The summed E-state index contributed by atoms with van der Waals surface area (Å²) in [5.74, 6) is -2.99. The van der Waals surface area contributed by atoms with Crippen LogP contribution >= 0.6 is 11.3 Å². The molecule has 0 spiro atoms. The van der Waals surface area contributed by atoms with Gasteiger partial charge in [0.15, 0.2) is 16.8 Å². The lowest BCUT2D eigenvalue weighted by Gasteiger charge is -2.09. The monoisotopic (exact) mass is 389 g/mol. The summed E-state index contributed by atoms with van der Waals surface area (Å²) in [4.78, 5) is 27.6. The minimum atomic E-state index is -4.84. The van der Waals surface area contributed by atoms with Gasteiger partial charge in [0.2, 0.25) is 5.91 Å². The zero-order valence-corrected chi connectivity index (χ0v) is 13.4. The molecule has 5 nitrogen and oxygen atoms in total. The third-order valence-electron chi connectivity index (χ3n) is 3.32. The topological polar surface area (TPSA) is 64.0 Å². The Morgan fingerprint density at radius 1 is 1.23 bits per heavy atom. The van der Waals surface area contributed by atoms with E-state index >= 15 is 0 Å². The number of halogens is 5. The standard InChI is InChI=1S/C15H8F5N3O2S/c16-8-4-10-11(5-9(8)17)26-14(21-10)22-12(24)6-23-3-1-2-7(13(23)25)15(18,19)20/h1-5H,6H2,(H,21,22,24). The molecule has 26 heavy (non-hydrogen) atoms. The van der Waals surface area contributed by atoms with E-state index in [9.17, 15) is 31.5 Å². The maximum atomic E-state index is 13.2. The van der Waals surface area contributed by atoms with Crippen molar-refractivity contribution in [1.29, 1.82) is 0 Å². The fraction of sp³-hybridized carbons (Fsp3) is 0.133. The van der Waals surface area contributed by atoms with Gasteiger partial charge in [-0.2, -0.15) is 13.2 Å². The number of anilines is 1. The molecule has 1 amide bonds. The molecule has 3 rings (SSSR count). The molecule has 0 aliphatic carbocycles. The number of fused-ring (bicyclic) bond motifs is 1. The van der Waals surface area contributed by atoms with E-state index in [1.54, 1.807) is 0 Å². The molecule has 0 unspecified atom stereocenters. The number of carbonyl (C=O) groups is 1. The second-order valence-corrected chi connectivity index (χ2v) is 6.18. The third kappa shape index (κ3) is 3.57. The van der Waals surface area contributed by atoms with Crippen molar-refractivity contribution in [2.75, 3.05) is 5.32 Å². The van der Waals surface area contributed by atoms with Crippen molar-refractivity contribution >= 4 is 32.6 Å². The molecule has 0 radical (unpaired) electrons. The summed E-state index contributed by atoms with van der Waals surface area (Å²) < 4.78 is 65.3. The van der Waals surface area contributed by atoms with Gasteiger partial charge in [0, 0.05) is 12.3 Å². The van der Waals surface area contributed by atoms with Gasteiger partial charge >= 0.3 is 6.18 Å². The highest BCUT2D eigenvalue weighted by Gasteiger charge is 2.34. The normalized spacial score (nSPS) is 11.7. The molecule has 3 aromatic rings. The van der Waals surface area contributed by atoms with Crippen LogP contribution in [0.1, 0.15) is 5.56 Å². The van der Waals surface area contributed by atoms with E-state index < -0.39 is 41.4 Å². The highest BCUT2D eigenvalue weighted by molar-refractivity contribution is 7.22. The number of thiazole rings is 1. The lowest BCUT2D eigenvalue weighted by Crippen LogP contribution is -2.31. The van der Waals surface area contributed by atoms with Crippen molar-refractivity contribution in [3.63, 3.8) is 0 Å². The Morgan fingerprint density at radius 2 is 1.92 bits per heavy atom. The van der Waals surface area contributed by atoms with Gasteiger partial charge in [-0.25, -0.2) is 13.8 Å². The molecule has 0 aliphatic heterocycles. The molecule has 0 atom stereocenters. The second-order valence-electron chi connectivity index (χ2n) is 5.15. The highest BCUT2D eigenvalue weighted by Crippen LogP contribution is 2.28. The molecule has 0 saturated carbocycles. The van der Waals surface area contributed by atoms with E-state index in [4.69, 9.17) is 0 Å². The van der Waals surface area contributed by atoms with Crippen LogP contribution in [-0.2, 0) is 17.5 Å². The molecule has 2 aromatic heterocycles. The number of pyridine rings is 1. The first kappa shape index (κ1) is 18.0. The summed E-state index contributed by atoms with van der Waals surface area (Å²) in [6.45, 7) is -0.679. The van der Waals surface area contributed by atoms with E-state index in [-0.39, 0.29) is 15.3 Å². The molecule has 1 N–H and O–H groups in total. The quantitative estimate of drug-likeness (QED) is 0.699. The fourth-order valence-electron chi connectivity index (χ4n) is 2.17. The number of hydrogen-bond donors (Lipinski definition) is 1. The lowest BCUT2D eigenvalue weighted by molar-refractivity contribution is -0.139. The largest absolute Gasteiger partial charge is 0.421 e. The van der Waals surface area contributed by atoms with Gasteiger partial charge in [0.1, 0.15) is 12.1 Å². The van der Waals surface area contributed by atoms with Crippen molar-refractivity contribution < 1.29 is 26.7 Å². The summed E-state index contributed by atoms with van der Waals surface area (Å²) >= 11 is 0.854. The number of benzene rings is 1. The van der Waals surface area contributed by atoms with Gasteiger partial charge in [0.25, 0.3) is 5.56 Å². The third-order valence-corrected chi connectivity index (χ3v) is 4.25. The van der Waals surface area contributed by atoms with E-state index in [0.717, 1.165) is 35.7 Å². The predicted octanol–water partition coefficient (Wildman–Crippen LogP) is 3.39. The minimum absolute atomic E-state index is 0.00461. The molecule has 0 saturated heterocycles. The number of amides is 1. The van der Waals surface area contributed by atoms with Gasteiger partial charge in [-0.1, -0.05) is 11.3 Å². The van der Waals surface area contributed by atoms with Crippen molar-refractivity contribution in [3.8, 4) is 0 Å². The van der Waals surface area contributed by atoms with Crippen molar-refractivity contribution in [2.45, 2.75) is 12.7 Å². The number of nitrogens with one attached hydrogen (secondary N) is 1. The van der Waals surface area contributed by atoms with Gasteiger partial charge in [-0.15, -0.1) is 0 Å². The maximum absolute atomic E-state index is 13.2. The number of aromatic nitrogens is 2. The van der Waals surface area contributed by atoms with Crippen molar-refractivity contribution in [2.24, 2.45) is 0 Å². The Hall–Kier alpha value is -2.82. The van der Waals surface area contributed by atoms with Gasteiger partial charge in [0.05, 0.1) is 10.2 Å². The van der Waals surface area contributed by atoms with Crippen LogP contribution in [0.15, 0.2) is 35.3 Å². The van der Waals surface area contributed by atoms with Crippen LogP contribution in [0.2, 0.25) is 0 Å². The summed E-state index contributed by atoms with van der Waals surface area (Å²) in [7, 11) is 0. The smallest absolute Gasteiger partial charge is 0.306 e. The molecule has 0 aliphatic rings. The molecule has 2 heterocycles. The summed E-state index contributed by atoms with van der Waals surface area (Å²) in [6, 6.07) is 3.39. The average Bonchev–Trinajstić information content (AvgIpc) is 2.89. The van der Waals surface area contributed by atoms with Crippen LogP contribution in [0.4, 0.5) is 27.1 Å². The van der Waals surface area contributed by atoms with Crippen LogP contribution in [0.25, 0.3) is 10.2 Å². The molecular weight excluding hydrogens is 381 g/mol. The summed E-state index contributed by atoms with van der Waals surface area (Å²) in [6.07, 6.45) is -3.79. The lowest BCUT2D eigenvalue weighted by atomic mass is 10.2. The van der Waals surface area contributed by atoms with E-state index in [2.05, 4.69) is 10.3 Å². The van der Waals surface area contributed by atoms with E-state index in [1.165, 1.54) is 0 Å². The van der Waals surface area contributed by atoms with Crippen LogP contribution in [0.5, 0.6) is 0 Å². The SMILES string of the molecule is O=C(Cn1cccc(C(F)(F)F)c1=O)Nc1nc2cc(F)c(F)cc2s1. The van der Waals surface area contributed by atoms with Gasteiger partial charge in [-0.3, -0.25) is 9.59 Å². The number of nitrogens with zero attached hydrogens (tertiary/aromatic N) is 2. The molecule has 1 aromatic carbocycles. The van der Waals surface area contributed by atoms with Crippen molar-refractivity contribution in [1.82, 2.24) is 9.55 Å². The zero-order chi connectivity index (χ0) is 19.1. The van der Waals surface area contributed by atoms with E-state index in [1.807, 2.05) is 0 Å². The first-order chi connectivity index (χ1) is 12.1. The number of rotatable bonds is 3. The Labute approximate surface area is 145 Å². The zero-order valence-electron chi connectivity index (χ0n) is 12.6. The van der Waals surface area contributed by atoms with E-state index in [0.29, 0.717) is 10.6 Å². The van der Waals surface area contributed by atoms with Crippen LogP contribution in [0.3, 0.4) is 0 Å². The first-order valence-corrected chi connectivity index (χ1v) is 7.79. The number of carbonyl (C=O) groups excluding carboxylic acids is 1. The minimum Gasteiger partial charge on any atom is -0.306 e. The molecule has 0 bridgehead atoms. The molecule has 11 heteroatoms. The van der Waals surface area contributed by atoms with Gasteiger partial charge in [-0.05, 0) is 18.2 Å². The average molecular weight is 389 g/mol. The van der Waals surface area contributed by atoms with Crippen LogP contribution < -0.4 is 10.9 Å². The first-order valence-electron chi connectivity index (χ1n) is 6.97. The number of alkyl halides is 3. The van der Waals surface area contributed by atoms with Crippen molar-refractivity contribution in [3.05, 3.63) is 58.0 Å². The molecular formula is C15H8F5N3O2S. The van der Waals surface area contributed by atoms with Crippen LogP contribution in [0, 0.1) is 11.6 Å². The number of hydrogen-bond acceptors (Lipinski definition) is 4. The van der Waals surface area contributed by atoms with Gasteiger partial charge < -0.3 is 9.88 Å². The fourth-order valence-corrected chi connectivity index (χ4v) is 3.06. The maximum Gasteiger partial charge on any atom is 0.421 e. The highest BCUT2D eigenvalue weighted by atomic mass is 32.1. The van der Waals surface area contributed by atoms with Crippen LogP contribution in [-0.4, -0.2) is 15.5 Å². The Balaban J connectivity index is 1.81. The second kappa shape index (κ2) is 6.48. The molecule has 136 valence electrons. The Kier molecular flexibility index (Phi) is 4.48. The predicted molar refractivity (Wildman–Crippen MR) is 83.9 cm³/mol. The summed E-state index contributed by atoms with van der Waals surface area (Å²) in [5, 5.41) is 2.28.